The van der Waals surface area contributed by atoms with Gasteiger partial charge in [0.05, 0.1) is 13.2 Å². The number of carboxylic acid groups (broad SMARTS) is 1. The van der Waals surface area contributed by atoms with E-state index in [4.69, 9.17) is 14.2 Å². The lowest BCUT2D eigenvalue weighted by Crippen LogP contribution is -2.16. The number of carboxylic acids is 1. The Labute approximate surface area is 209 Å². The van der Waals surface area contributed by atoms with Crippen molar-refractivity contribution in [1.29, 1.82) is 0 Å². The topological polar surface area (TPSA) is 111 Å². The van der Waals surface area contributed by atoms with E-state index in [9.17, 15) is 19.5 Å². The van der Waals surface area contributed by atoms with Gasteiger partial charge >= 0.3 is 18.2 Å². The van der Waals surface area contributed by atoms with Crippen molar-refractivity contribution < 1.29 is 33.7 Å². The van der Waals surface area contributed by atoms with Crippen LogP contribution in [-0.2, 0) is 9.47 Å². The number of rotatable bonds is 19. The van der Waals surface area contributed by atoms with Gasteiger partial charge in [0.25, 0.3) is 0 Å². The lowest BCUT2D eigenvalue weighted by Gasteiger charge is -2.11. The van der Waals surface area contributed by atoms with E-state index < -0.39 is 18.2 Å². The van der Waals surface area contributed by atoms with Crippen LogP contribution >= 0.6 is 0 Å². The van der Waals surface area contributed by atoms with Crippen molar-refractivity contribution in [1.82, 2.24) is 0 Å². The molecule has 35 heavy (non-hydrogen) atoms. The molecule has 198 valence electrons. The molecule has 8 heteroatoms. The van der Waals surface area contributed by atoms with Gasteiger partial charge in [-0.2, -0.15) is 0 Å². The van der Waals surface area contributed by atoms with E-state index in [2.05, 4.69) is 19.2 Å². The lowest BCUT2D eigenvalue weighted by atomic mass is 10.1. The summed E-state index contributed by atoms with van der Waals surface area (Å²) in [5, 5.41) is 12.0. The molecule has 1 aromatic rings. The maximum absolute atomic E-state index is 12.0. The van der Waals surface area contributed by atoms with Gasteiger partial charge in [-0.3, -0.25) is 5.32 Å². The zero-order chi connectivity index (χ0) is 25.7. The Bertz CT molecular complexity index is 751. The van der Waals surface area contributed by atoms with Gasteiger partial charge in [0, 0.05) is 5.69 Å². The highest BCUT2D eigenvalue weighted by Crippen LogP contribution is 2.24. The van der Waals surface area contributed by atoms with E-state index in [-0.39, 0.29) is 23.6 Å². The first-order valence-electron chi connectivity index (χ1n) is 13.1. The first-order valence-corrected chi connectivity index (χ1v) is 13.1. The van der Waals surface area contributed by atoms with Crippen LogP contribution in [0.25, 0.3) is 0 Å². The first-order chi connectivity index (χ1) is 17.0. The van der Waals surface area contributed by atoms with Crippen molar-refractivity contribution in [3.8, 4) is 5.75 Å². The standard InChI is InChI=1S/C27H43NO7/c1-3-5-7-9-11-13-15-19-33-26(31)28-22-17-18-24(23(21-22)25(29)30)35-27(32)34-20-16-14-12-10-8-6-4-2/h17-18,21H,3-16,19-20H2,1-2H3,(H,28,31)(H,29,30). The van der Waals surface area contributed by atoms with Crippen LogP contribution in [-0.4, -0.2) is 36.5 Å². The number of nitrogens with one attached hydrogen (secondary N) is 1. The summed E-state index contributed by atoms with van der Waals surface area (Å²) in [5.41, 5.74) is -0.0292. The molecule has 2 N–H and O–H groups in total. The van der Waals surface area contributed by atoms with Crippen molar-refractivity contribution >= 4 is 23.9 Å². The normalized spacial score (nSPS) is 10.6. The maximum Gasteiger partial charge on any atom is 0.513 e. The molecular weight excluding hydrogens is 450 g/mol. The molecule has 0 bridgehead atoms. The summed E-state index contributed by atoms with van der Waals surface area (Å²) in [6, 6.07) is 3.97. The van der Waals surface area contributed by atoms with Crippen LogP contribution in [0.2, 0.25) is 0 Å². The van der Waals surface area contributed by atoms with Crippen LogP contribution in [0, 0.1) is 0 Å². The number of ether oxygens (including phenoxy) is 3. The number of anilines is 1. The second-order valence-electron chi connectivity index (χ2n) is 8.72. The molecular formula is C27H43NO7. The molecule has 0 unspecified atom stereocenters. The molecule has 0 spiro atoms. The Hall–Kier alpha value is -2.77. The van der Waals surface area contributed by atoms with Crippen LogP contribution in [0.1, 0.15) is 114 Å². The average molecular weight is 494 g/mol. The molecule has 1 amide bonds. The number of amides is 1. The van der Waals surface area contributed by atoms with Gasteiger partial charge in [0.15, 0.2) is 0 Å². The molecule has 0 aliphatic carbocycles. The summed E-state index contributed by atoms with van der Waals surface area (Å²) in [4.78, 5) is 35.5. The largest absolute Gasteiger partial charge is 0.513 e. The molecule has 8 nitrogen and oxygen atoms in total. The highest BCUT2D eigenvalue weighted by Gasteiger charge is 2.17. The number of aromatic carboxylic acids is 1. The Morgan fingerprint density at radius 3 is 1.80 bits per heavy atom. The minimum absolute atomic E-state index is 0.149. The molecule has 1 aromatic carbocycles. The highest BCUT2D eigenvalue weighted by atomic mass is 16.7. The molecule has 0 saturated carbocycles. The maximum atomic E-state index is 12.0. The molecule has 0 fully saturated rings. The fraction of sp³-hybridized carbons (Fsp3) is 0.667. The Morgan fingerprint density at radius 1 is 0.743 bits per heavy atom. The molecule has 0 heterocycles. The summed E-state index contributed by atoms with van der Waals surface area (Å²) in [6.45, 7) is 4.88. The van der Waals surface area contributed by atoms with Gasteiger partial charge in [-0.05, 0) is 31.0 Å². The zero-order valence-corrected chi connectivity index (χ0v) is 21.4. The van der Waals surface area contributed by atoms with Crippen LogP contribution in [0.5, 0.6) is 5.75 Å². The smallest absolute Gasteiger partial charge is 0.478 e. The van der Waals surface area contributed by atoms with Gasteiger partial charge in [-0.15, -0.1) is 0 Å². The van der Waals surface area contributed by atoms with E-state index in [1.165, 1.54) is 69.6 Å². The zero-order valence-electron chi connectivity index (χ0n) is 21.4. The predicted molar refractivity (Wildman–Crippen MR) is 136 cm³/mol. The number of carbonyl (C=O) groups is 3. The van der Waals surface area contributed by atoms with Gasteiger partial charge in [-0.25, -0.2) is 14.4 Å². The molecule has 1 rings (SSSR count). The van der Waals surface area contributed by atoms with E-state index >= 15 is 0 Å². The number of unbranched alkanes of at least 4 members (excludes halogenated alkanes) is 12. The third kappa shape index (κ3) is 15.0. The van der Waals surface area contributed by atoms with Gasteiger partial charge in [0.1, 0.15) is 11.3 Å². The van der Waals surface area contributed by atoms with Crippen LogP contribution < -0.4 is 10.1 Å². The van der Waals surface area contributed by atoms with Crippen LogP contribution in [0.3, 0.4) is 0 Å². The molecule has 0 radical (unpaired) electrons. The molecule has 0 atom stereocenters. The number of carbonyl (C=O) groups excluding carboxylic acids is 2. The van der Waals surface area contributed by atoms with Crippen molar-refractivity contribution in [2.45, 2.75) is 104 Å². The summed E-state index contributed by atoms with van der Waals surface area (Å²) >= 11 is 0. The second-order valence-corrected chi connectivity index (χ2v) is 8.72. The Morgan fingerprint density at radius 2 is 1.26 bits per heavy atom. The summed E-state index contributed by atoms with van der Waals surface area (Å²) < 4.78 is 15.3. The van der Waals surface area contributed by atoms with Gasteiger partial charge < -0.3 is 19.3 Å². The van der Waals surface area contributed by atoms with E-state index in [0.29, 0.717) is 6.61 Å². The quantitative estimate of drug-likeness (QED) is 0.114. The van der Waals surface area contributed by atoms with E-state index in [1.807, 2.05) is 0 Å². The average Bonchev–Trinajstić information content (AvgIpc) is 2.83. The minimum Gasteiger partial charge on any atom is -0.478 e. The second kappa shape index (κ2) is 19.5. The monoisotopic (exact) mass is 493 g/mol. The summed E-state index contributed by atoms with van der Waals surface area (Å²) in [5.74, 6) is -1.44. The van der Waals surface area contributed by atoms with Crippen molar-refractivity contribution in [2.75, 3.05) is 18.5 Å². The molecule has 0 aromatic heterocycles. The lowest BCUT2D eigenvalue weighted by molar-refractivity contribution is 0.0689. The predicted octanol–water partition coefficient (Wildman–Crippen LogP) is 7.95. The number of hydrogen-bond donors (Lipinski definition) is 2. The third-order valence-corrected chi connectivity index (χ3v) is 5.60. The third-order valence-electron chi connectivity index (χ3n) is 5.60. The van der Waals surface area contributed by atoms with E-state index in [0.717, 1.165) is 38.5 Å². The Kier molecular flexibility index (Phi) is 16.9. The SMILES string of the molecule is CCCCCCCCCOC(=O)Nc1ccc(OC(=O)OCCCCCCCCC)c(C(=O)O)c1. The summed E-state index contributed by atoms with van der Waals surface area (Å²) in [6.07, 6.45) is 13.8. The molecule has 0 aliphatic heterocycles. The highest BCUT2D eigenvalue weighted by molar-refractivity contribution is 5.94. The van der Waals surface area contributed by atoms with E-state index in [1.54, 1.807) is 0 Å². The van der Waals surface area contributed by atoms with Crippen molar-refractivity contribution in [3.63, 3.8) is 0 Å². The molecule has 0 saturated heterocycles. The Balaban J connectivity index is 2.37. The fourth-order valence-electron chi connectivity index (χ4n) is 3.58. The van der Waals surface area contributed by atoms with Crippen molar-refractivity contribution in [3.05, 3.63) is 23.8 Å². The summed E-state index contributed by atoms with van der Waals surface area (Å²) in [7, 11) is 0. The number of benzene rings is 1. The van der Waals surface area contributed by atoms with Gasteiger partial charge in [0.2, 0.25) is 0 Å². The number of hydrogen-bond acceptors (Lipinski definition) is 6. The fourth-order valence-corrected chi connectivity index (χ4v) is 3.58. The van der Waals surface area contributed by atoms with Crippen LogP contribution in [0.4, 0.5) is 15.3 Å². The minimum atomic E-state index is -1.29. The van der Waals surface area contributed by atoms with Crippen LogP contribution in [0.15, 0.2) is 18.2 Å². The van der Waals surface area contributed by atoms with Crippen molar-refractivity contribution in [2.24, 2.45) is 0 Å². The molecule has 0 aliphatic rings. The van der Waals surface area contributed by atoms with Gasteiger partial charge in [-0.1, -0.05) is 90.9 Å². The first kappa shape index (κ1) is 30.3.